The number of hydrogen-bond acceptors (Lipinski definition) is 4. The van der Waals surface area contributed by atoms with E-state index >= 15 is 0 Å². The van der Waals surface area contributed by atoms with E-state index < -0.39 is 0 Å². The molecule has 0 spiro atoms. The van der Waals surface area contributed by atoms with E-state index in [1.165, 1.54) is 0 Å². The van der Waals surface area contributed by atoms with Crippen LogP contribution in [0.15, 0.2) is 29.8 Å². The van der Waals surface area contributed by atoms with Gasteiger partial charge in [-0.25, -0.2) is 4.98 Å². The van der Waals surface area contributed by atoms with E-state index in [0.29, 0.717) is 6.42 Å². The van der Waals surface area contributed by atoms with Crippen molar-refractivity contribution in [3.8, 4) is 6.07 Å². The lowest BCUT2D eigenvalue weighted by Crippen LogP contribution is -1.91. The summed E-state index contributed by atoms with van der Waals surface area (Å²) in [5, 5.41) is 11.5. The molecular formula is C11H9N3S. The van der Waals surface area contributed by atoms with Crippen LogP contribution in [-0.2, 0) is 12.8 Å². The van der Waals surface area contributed by atoms with Crippen molar-refractivity contribution in [1.82, 2.24) is 9.97 Å². The topological polar surface area (TPSA) is 49.6 Å². The van der Waals surface area contributed by atoms with Gasteiger partial charge in [-0.05, 0) is 12.1 Å². The summed E-state index contributed by atoms with van der Waals surface area (Å²) in [7, 11) is 0. The zero-order valence-corrected chi connectivity index (χ0v) is 8.87. The van der Waals surface area contributed by atoms with Crippen molar-refractivity contribution < 1.29 is 0 Å². The smallest absolute Gasteiger partial charge is 0.0988 e. The summed E-state index contributed by atoms with van der Waals surface area (Å²) in [6, 6.07) is 7.93. The summed E-state index contributed by atoms with van der Waals surface area (Å²) in [6.45, 7) is 0. The highest BCUT2D eigenvalue weighted by molar-refractivity contribution is 7.09. The lowest BCUT2D eigenvalue weighted by Gasteiger charge is -1.94. The van der Waals surface area contributed by atoms with Gasteiger partial charge in [-0.3, -0.25) is 4.98 Å². The molecule has 74 valence electrons. The first-order chi connectivity index (χ1) is 7.38. The van der Waals surface area contributed by atoms with E-state index in [1.54, 1.807) is 17.5 Å². The SMILES string of the molecule is N#CCc1csc(Cc2ccccn2)n1. The fourth-order valence-electron chi connectivity index (χ4n) is 1.25. The predicted octanol–water partition coefficient (Wildman–Crippen LogP) is 2.19. The highest BCUT2D eigenvalue weighted by Crippen LogP contribution is 2.13. The van der Waals surface area contributed by atoms with Gasteiger partial charge in [-0.1, -0.05) is 6.07 Å². The molecule has 0 saturated carbocycles. The first-order valence-corrected chi connectivity index (χ1v) is 5.46. The number of aromatic nitrogens is 2. The van der Waals surface area contributed by atoms with Crippen molar-refractivity contribution in [3.05, 3.63) is 46.2 Å². The molecule has 2 aromatic heterocycles. The second-order valence-electron chi connectivity index (χ2n) is 3.07. The molecule has 2 rings (SSSR count). The molecule has 0 amide bonds. The molecule has 0 atom stereocenters. The van der Waals surface area contributed by atoms with Gasteiger partial charge < -0.3 is 0 Å². The molecule has 0 N–H and O–H groups in total. The van der Waals surface area contributed by atoms with Crippen molar-refractivity contribution in [2.45, 2.75) is 12.8 Å². The monoisotopic (exact) mass is 215 g/mol. The normalized spacial score (nSPS) is 9.80. The number of pyridine rings is 1. The lowest BCUT2D eigenvalue weighted by molar-refractivity contribution is 1.02. The first-order valence-electron chi connectivity index (χ1n) is 4.58. The molecule has 15 heavy (non-hydrogen) atoms. The van der Waals surface area contributed by atoms with Crippen LogP contribution in [0.4, 0.5) is 0 Å². The maximum absolute atomic E-state index is 8.52. The molecule has 0 radical (unpaired) electrons. The van der Waals surface area contributed by atoms with Crippen LogP contribution < -0.4 is 0 Å². The molecule has 0 fully saturated rings. The molecule has 3 nitrogen and oxygen atoms in total. The van der Waals surface area contributed by atoms with Crippen LogP contribution >= 0.6 is 11.3 Å². The van der Waals surface area contributed by atoms with Crippen LogP contribution in [0, 0.1) is 11.3 Å². The molecular weight excluding hydrogens is 206 g/mol. The predicted molar refractivity (Wildman–Crippen MR) is 58.5 cm³/mol. The Morgan fingerprint density at radius 1 is 1.33 bits per heavy atom. The Kier molecular flexibility index (Phi) is 3.05. The number of rotatable bonds is 3. The first kappa shape index (κ1) is 9.81. The zero-order chi connectivity index (χ0) is 10.5. The van der Waals surface area contributed by atoms with Gasteiger partial charge in [0.15, 0.2) is 0 Å². The van der Waals surface area contributed by atoms with Crippen LogP contribution in [0.3, 0.4) is 0 Å². The zero-order valence-electron chi connectivity index (χ0n) is 8.05. The minimum atomic E-state index is 0.388. The number of nitriles is 1. The van der Waals surface area contributed by atoms with Crippen LogP contribution in [0.25, 0.3) is 0 Å². The summed E-state index contributed by atoms with van der Waals surface area (Å²) < 4.78 is 0. The van der Waals surface area contributed by atoms with Gasteiger partial charge in [-0.2, -0.15) is 5.26 Å². The average Bonchev–Trinajstić information content (AvgIpc) is 2.68. The maximum atomic E-state index is 8.52. The van der Waals surface area contributed by atoms with Gasteiger partial charge in [0.2, 0.25) is 0 Å². The summed E-state index contributed by atoms with van der Waals surface area (Å²) in [6.07, 6.45) is 2.91. The summed E-state index contributed by atoms with van der Waals surface area (Å²) in [4.78, 5) is 8.58. The molecule has 0 aromatic carbocycles. The number of thiazole rings is 1. The van der Waals surface area contributed by atoms with Crippen molar-refractivity contribution in [2.75, 3.05) is 0 Å². The van der Waals surface area contributed by atoms with Crippen LogP contribution in [-0.4, -0.2) is 9.97 Å². The highest BCUT2D eigenvalue weighted by atomic mass is 32.1. The third-order valence-corrected chi connectivity index (χ3v) is 2.82. The quantitative estimate of drug-likeness (QED) is 0.788. The Balaban J connectivity index is 2.09. The van der Waals surface area contributed by atoms with Crippen molar-refractivity contribution in [3.63, 3.8) is 0 Å². The van der Waals surface area contributed by atoms with E-state index in [-0.39, 0.29) is 0 Å². The van der Waals surface area contributed by atoms with E-state index in [1.807, 2.05) is 23.6 Å². The minimum Gasteiger partial charge on any atom is -0.261 e. The molecule has 4 heteroatoms. The van der Waals surface area contributed by atoms with Crippen molar-refractivity contribution >= 4 is 11.3 Å². The van der Waals surface area contributed by atoms with E-state index in [0.717, 1.165) is 22.8 Å². The van der Waals surface area contributed by atoms with Crippen molar-refractivity contribution in [1.29, 1.82) is 5.26 Å². The van der Waals surface area contributed by atoms with Gasteiger partial charge in [0.25, 0.3) is 0 Å². The second-order valence-corrected chi connectivity index (χ2v) is 4.01. The van der Waals surface area contributed by atoms with Gasteiger partial charge in [0.1, 0.15) is 0 Å². The summed E-state index contributed by atoms with van der Waals surface area (Å²) >= 11 is 1.58. The Morgan fingerprint density at radius 3 is 3.00 bits per heavy atom. The number of nitrogens with zero attached hydrogens (tertiary/aromatic N) is 3. The Morgan fingerprint density at radius 2 is 2.27 bits per heavy atom. The standard InChI is InChI=1S/C11H9N3S/c12-5-4-10-8-15-11(14-10)7-9-3-1-2-6-13-9/h1-3,6,8H,4,7H2. The highest BCUT2D eigenvalue weighted by Gasteiger charge is 2.03. The molecule has 0 aliphatic heterocycles. The molecule has 0 aliphatic rings. The molecule has 0 bridgehead atoms. The molecule has 0 saturated heterocycles. The molecule has 2 heterocycles. The van der Waals surface area contributed by atoms with E-state index in [2.05, 4.69) is 16.0 Å². The second kappa shape index (κ2) is 4.67. The summed E-state index contributed by atoms with van der Waals surface area (Å²) in [5.74, 6) is 0. The molecule has 2 aromatic rings. The third kappa shape index (κ3) is 2.61. The Bertz CT molecular complexity index is 470. The minimum absolute atomic E-state index is 0.388. The third-order valence-electron chi connectivity index (χ3n) is 1.92. The molecule has 0 aliphatic carbocycles. The lowest BCUT2D eigenvalue weighted by atomic mass is 10.3. The largest absolute Gasteiger partial charge is 0.261 e. The fraction of sp³-hybridized carbons (Fsp3) is 0.182. The van der Waals surface area contributed by atoms with Gasteiger partial charge >= 0.3 is 0 Å². The maximum Gasteiger partial charge on any atom is 0.0988 e. The average molecular weight is 215 g/mol. The van der Waals surface area contributed by atoms with Crippen molar-refractivity contribution in [2.24, 2.45) is 0 Å². The van der Waals surface area contributed by atoms with Crippen LogP contribution in [0.1, 0.15) is 16.4 Å². The Hall–Kier alpha value is -1.73. The van der Waals surface area contributed by atoms with Gasteiger partial charge in [-0.15, -0.1) is 11.3 Å². The van der Waals surface area contributed by atoms with Gasteiger partial charge in [0, 0.05) is 23.7 Å². The number of hydrogen-bond donors (Lipinski definition) is 0. The molecule has 0 unspecified atom stereocenters. The van der Waals surface area contributed by atoms with E-state index in [9.17, 15) is 0 Å². The summed E-state index contributed by atoms with van der Waals surface area (Å²) in [5.41, 5.74) is 1.86. The van der Waals surface area contributed by atoms with Crippen LogP contribution in [0.5, 0.6) is 0 Å². The Labute approximate surface area is 92.1 Å². The van der Waals surface area contributed by atoms with E-state index in [4.69, 9.17) is 5.26 Å². The van der Waals surface area contributed by atoms with Gasteiger partial charge in [0.05, 0.1) is 23.2 Å². The fourth-order valence-corrected chi connectivity index (χ4v) is 2.06. The van der Waals surface area contributed by atoms with Crippen LogP contribution in [0.2, 0.25) is 0 Å².